The zero-order chi connectivity index (χ0) is 37.8. The number of benzene rings is 2. The number of nitrogens with two attached hydrogens (primary N) is 1. The maximum Gasteiger partial charge on any atom is 0.262 e. The molecular formula is C38H37Cl2FN8O5. The lowest BCUT2D eigenvalue weighted by Gasteiger charge is -2.44. The molecule has 4 aliphatic heterocycles. The first-order valence-electron chi connectivity index (χ1n) is 17.9. The maximum atomic E-state index is 14.1. The first kappa shape index (κ1) is 36.0. The van der Waals surface area contributed by atoms with E-state index in [9.17, 15) is 23.6 Å². The average Bonchev–Trinajstić information content (AvgIpc) is 3.72. The van der Waals surface area contributed by atoms with E-state index in [2.05, 4.69) is 25.2 Å². The third-order valence-electron chi connectivity index (χ3n) is 10.8. The summed E-state index contributed by atoms with van der Waals surface area (Å²) in [6, 6.07) is 8.95. The van der Waals surface area contributed by atoms with Crippen molar-refractivity contribution in [3.05, 3.63) is 87.5 Å². The second-order valence-corrected chi connectivity index (χ2v) is 15.1. The van der Waals surface area contributed by atoms with E-state index in [0.717, 1.165) is 67.3 Å². The number of likely N-dealkylation sites (tertiary alicyclic amines) is 1. The van der Waals surface area contributed by atoms with Crippen LogP contribution in [0.1, 0.15) is 71.0 Å². The van der Waals surface area contributed by atoms with Crippen molar-refractivity contribution < 1.29 is 28.3 Å². The Bertz CT molecular complexity index is 2180. The van der Waals surface area contributed by atoms with E-state index in [1.807, 2.05) is 16.9 Å². The monoisotopic (exact) mass is 774 g/mol. The highest BCUT2D eigenvalue weighted by atomic mass is 35.5. The molecule has 2 aromatic carbocycles. The number of piperidine rings is 2. The molecule has 6 heterocycles. The standard InChI is InChI=1S/C38H37Cl2FN8O5/c1-20(33-28(39)4-5-29(41)34(33)40)54-31-12-22(14-43-35(31)42)23-15-44-48(19-23)24-8-10-46(11-9-24)16-21-17-47(18-21)25-2-3-26-27(13-25)38(53)49(37(26)52)30-6-7-32(50)45-36(30)51/h2-5,12-15,19-21,24,30H,6-11,16-18H2,1H3,(H2,42,43)(H,45,50,51). The predicted octanol–water partition coefficient (Wildman–Crippen LogP) is 5.29. The Balaban J connectivity index is 0.834. The third kappa shape index (κ3) is 6.67. The quantitative estimate of drug-likeness (QED) is 0.169. The van der Waals surface area contributed by atoms with E-state index in [-0.39, 0.29) is 40.3 Å². The summed E-state index contributed by atoms with van der Waals surface area (Å²) in [6.45, 7) is 6.22. The lowest BCUT2D eigenvalue weighted by atomic mass is 9.95. The Morgan fingerprint density at radius 1 is 0.981 bits per heavy atom. The Kier molecular flexibility index (Phi) is 9.53. The second-order valence-electron chi connectivity index (χ2n) is 14.3. The fraction of sp³-hybridized carbons (Fsp3) is 0.368. The molecule has 4 aliphatic rings. The number of fused-ring (bicyclic) bond motifs is 1. The summed E-state index contributed by atoms with van der Waals surface area (Å²) in [5.41, 5.74) is 9.54. The van der Waals surface area contributed by atoms with Crippen LogP contribution in [0.5, 0.6) is 5.75 Å². The molecule has 13 nitrogen and oxygen atoms in total. The van der Waals surface area contributed by atoms with Crippen molar-refractivity contribution in [2.45, 2.75) is 50.8 Å². The minimum atomic E-state index is -0.980. The third-order valence-corrected chi connectivity index (χ3v) is 11.5. The molecule has 3 saturated heterocycles. The van der Waals surface area contributed by atoms with Gasteiger partial charge in [-0.05, 0) is 62.6 Å². The van der Waals surface area contributed by atoms with Gasteiger partial charge in [-0.3, -0.25) is 34.1 Å². The summed E-state index contributed by atoms with van der Waals surface area (Å²) in [5, 5.41) is 7.09. The highest BCUT2D eigenvalue weighted by Gasteiger charge is 2.45. The molecule has 2 unspecified atom stereocenters. The van der Waals surface area contributed by atoms with Crippen molar-refractivity contribution in [1.29, 1.82) is 0 Å². The van der Waals surface area contributed by atoms with Gasteiger partial charge in [-0.15, -0.1) is 0 Å². The molecule has 2 atom stereocenters. The molecule has 280 valence electrons. The lowest BCUT2D eigenvalue weighted by molar-refractivity contribution is -0.136. The zero-order valence-corrected chi connectivity index (χ0v) is 30.8. The van der Waals surface area contributed by atoms with Crippen LogP contribution in [0, 0.1) is 11.7 Å². The van der Waals surface area contributed by atoms with Crippen LogP contribution >= 0.6 is 23.2 Å². The number of aromatic nitrogens is 3. The molecule has 16 heteroatoms. The molecule has 3 N–H and O–H groups in total. The van der Waals surface area contributed by atoms with Crippen LogP contribution in [-0.2, 0) is 9.59 Å². The summed E-state index contributed by atoms with van der Waals surface area (Å²) in [5.74, 6) is -1.63. The number of anilines is 2. The molecular weight excluding hydrogens is 738 g/mol. The summed E-state index contributed by atoms with van der Waals surface area (Å²) < 4.78 is 22.2. The van der Waals surface area contributed by atoms with Gasteiger partial charge in [0.05, 0.1) is 28.4 Å². The van der Waals surface area contributed by atoms with Gasteiger partial charge in [0.2, 0.25) is 11.8 Å². The van der Waals surface area contributed by atoms with Crippen LogP contribution in [0.3, 0.4) is 0 Å². The van der Waals surface area contributed by atoms with E-state index in [0.29, 0.717) is 22.8 Å². The van der Waals surface area contributed by atoms with Gasteiger partial charge >= 0.3 is 0 Å². The number of imide groups is 2. The summed E-state index contributed by atoms with van der Waals surface area (Å²) in [6.07, 6.45) is 6.88. The first-order valence-corrected chi connectivity index (χ1v) is 18.6. The molecule has 4 amide bonds. The van der Waals surface area contributed by atoms with Gasteiger partial charge in [0.15, 0.2) is 11.6 Å². The van der Waals surface area contributed by atoms with Crippen molar-refractivity contribution >= 4 is 58.3 Å². The summed E-state index contributed by atoms with van der Waals surface area (Å²) in [7, 11) is 0. The Hall–Kier alpha value is -5.05. The van der Waals surface area contributed by atoms with E-state index >= 15 is 0 Å². The van der Waals surface area contributed by atoms with Gasteiger partial charge in [0, 0.05) is 84.9 Å². The van der Waals surface area contributed by atoms with E-state index in [1.165, 1.54) is 12.1 Å². The van der Waals surface area contributed by atoms with Gasteiger partial charge in [0.1, 0.15) is 18.0 Å². The number of carbonyl (C=O) groups is 4. The first-order chi connectivity index (χ1) is 25.9. The Morgan fingerprint density at radius 3 is 2.50 bits per heavy atom. The Labute approximate surface area is 320 Å². The fourth-order valence-electron chi connectivity index (χ4n) is 7.84. The van der Waals surface area contributed by atoms with Crippen LogP contribution < -0.4 is 20.7 Å². The van der Waals surface area contributed by atoms with Crippen LogP contribution in [0.2, 0.25) is 10.0 Å². The number of rotatable bonds is 9. The fourth-order valence-corrected chi connectivity index (χ4v) is 8.52. The second kappa shape index (κ2) is 14.3. The number of pyridine rings is 1. The highest BCUT2D eigenvalue weighted by molar-refractivity contribution is 6.36. The molecule has 0 aliphatic carbocycles. The highest BCUT2D eigenvalue weighted by Crippen LogP contribution is 2.38. The van der Waals surface area contributed by atoms with Gasteiger partial charge in [-0.1, -0.05) is 23.2 Å². The zero-order valence-electron chi connectivity index (χ0n) is 29.3. The number of ether oxygens (including phenoxy) is 1. The summed E-state index contributed by atoms with van der Waals surface area (Å²) in [4.78, 5) is 60.3. The van der Waals surface area contributed by atoms with Crippen LogP contribution in [0.15, 0.2) is 55.0 Å². The van der Waals surface area contributed by atoms with Crippen LogP contribution in [0.4, 0.5) is 15.9 Å². The minimum absolute atomic E-state index is 0.0843. The lowest BCUT2D eigenvalue weighted by Crippen LogP contribution is -2.54. The number of amides is 4. The van der Waals surface area contributed by atoms with Gasteiger partial charge in [-0.25, -0.2) is 9.37 Å². The molecule has 0 bridgehead atoms. The van der Waals surface area contributed by atoms with E-state index < -0.39 is 41.6 Å². The minimum Gasteiger partial charge on any atom is -0.482 e. The Morgan fingerprint density at radius 2 is 1.74 bits per heavy atom. The van der Waals surface area contributed by atoms with Crippen LogP contribution in [0.25, 0.3) is 11.1 Å². The number of hydrogen-bond donors (Lipinski definition) is 2. The van der Waals surface area contributed by atoms with Gasteiger partial charge in [-0.2, -0.15) is 5.10 Å². The molecule has 4 aromatic rings. The molecule has 0 saturated carbocycles. The molecule has 54 heavy (non-hydrogen) atoms. The van der Waals surface area contributed by atoms with Crippen molar-refractivity contribution in [1.82, 2.24) is 29.9 Å². The molecule has 8 rings (SSSR count). The van der Waals surface area contributed by atoms with Gasteiger partial charge < -0.3 is 20.3 Å². The number of hydrogen-bond acceptors (Lipinski definition) is 10. The van der Waals surface area contributed by atoms with E-state index in [1.54, 1.807) is 37.5 Å². The van der Waals surface area contributed by atoms with Crippen molar-refractivity contribution in [3.8, 4) is 16.9 Å². The number of nitrogens with one attached hydrogen (secondary N) is 1. The molecule has 3 fully saturated rings. The molecule has 0 spiro atoms. The maximum absolute atomic E-state index is 14.1. The predicted molar refractivity (Wildman–Crippen MR) is 199 cm³/mol. The van der Waals surface area contributed by atoms with Gasteiger partial charge in [0.25, 0.3) is 11.8 Å². The number of nitrogens with zero attached hydrogens (tertiary/aromatic N) is 6. The SMILES string of the molecule is CC(Oc1cc(-c2cnn(C3CCN(CC4CN(c5ccc6c(c5)C(=O)N(C5CCC(=O)NC5=O)C6=O)C4)CC3)c2)cnc1N)c1c(Cl)ccc(F)c1Cl. The van der Waals surface area contributed by atoms with E-state index in [4.69, 9.17) is 33.7 Å². The van der Waals surface area contributed by atoms with Crippen molar-refractivity contribution in [2.24, 2.45) is 5.92 Å². The van der Waals surface area contributed by atoms with Crippen LogP contribution in [-0.4, -0.2) is 87.0 Å². The number of nitrogen functional groups attached to an aromatic ring is 1. The smallest absolute Gasteiger partial charge is 0.262 e. The average molecular weight is 776 g/mol. The molecule has 2 aromatic heterocycles. The van der Waals surface area contributed by atoms with Crippen molar-refractivity contribution in [3.63, 3.8) is 0 Å². The number of halogens is 3. The molecule has 0 radical (unpaired) electrons. The normalized spacial score (nSPS) is 20.3. The largest absolute Gasteiger partial charge is 0.482 e. The van der Waals surface area contributed by atoms with Crippen molar-refractivity contribution in [2.75, 3.05) is 43.4 Å². The summed E-state index contributed by atoms with van der Waals surface area (Å²) >= 11 is 12.5. The topological polar surface area (TPSA) is 156 Å². The number of carbonyl (C=O) groups excluding carboxylic acids is 4.